The molecule has 0 aliphatic carbocycles. The second-order valence-electron chi connectivity index (χ2n) is 6.97. The Balaban J connectivity index is 1.78. The molecule has 4 heteroatoms. The summed E-state index contributed by atoms with van der Waals surface area (Å²) in [4.78, 5) is 12.8. The van der Waals surface area contributed by atoms with Gasteiger partial charge in [-0.3, -0.25) is 4.79 Å². The molecule has 0 heterocycles. The van der Waals surface area contributed by atoms with Crippen molar-refractivity contribution in [3.63, 3.8) is 0 Å². The van der Waals surface area contributed by atoms with Crippen molar-refractivity contribution in [1.29, 1.82) is 0 Å². The van der Waals surface area contributed by atoms with Crippen molar-refractivity contribution >= 4 is 27.4 Å². The zero-order chi connectivity index (χ0) is 20.5. The normalized spacial score (nSPS) is 11.7. The number of halogens is 1. The molecule has 29 heavy (non-hydrogen) atoms. The van der Waals surface area contributed by atoms with Crippen LogP contribution in [0.4, 0.5) is 5.69 Å². The van der Waals surface area contributed by atoms with Crippen molar-refractivity contribution in [1.82, 2.24) is 0 Å². The second kappa shape index (κ2) is 10.8. The molecule has 3 nitrogen and oxygen atoms in total. The average Bonchev–Trinajstić information content (AvgIpc) is 2.76. The monoisotopic (exact) mass is 451 g/mol. The summed E-state index contributed by atoms with van der Waals surface area (Å²) in [6.07, 6.45) is 2.52. The maximum Gasteiger partial charge on any atom is 0.165 e. The number of ketones is 1. The van der Waals surface area contributed by atoms with Crippen molar-refractivity contribution < 1.29 is 9.53 Å². The first kappa shape index (κ1) is 21.1. The van der Waals surface area contributed by atoms with Gasteiger partial charge in [0, 0.05) is 22.1 Å². The quantitative estimate of drug-likeness (QED) is 0.265. The topological polar surface area (TPSA) is 38.3 Å². The zero-order valence-corrected chi connectivity index (χ0v) is 18.2. The van der Waals surface area contributed by atoms with E-state index >= 15 is 0 Å². The van der Waals surface area contributed by atoms with Crippen molar-refractivity contribution in [2.24, 2.45) is 0 Å². The van der Waals surface area contributed by atoms with Crippen molar-refractivity contribution in [3.05, 3.63) is 94.5 Å². The van der Waals surface area contributed by atoms with E-state index in [0.717, 1.165) is 46.5 Å². The Kier molecular flexibility index (Phi) is 7.88. The minimum atomic E-state index is -0.131. The highest BCUT2D eigenvalue weighted by Gasteiger charge is 2.17. The molecule has 3 aromatic carbocycles. The van der Waals surface area contributed by atoms with Crippen LogP contribution in [-0.4, -0.2) is 12.4 Å². The Morgan fingerprint density at radius 2 is 1.66 bits per heavy atom. The van der Waals surface area contributed by atoms with Gasteiger partial charge in [0.2, 0.25) is 0 Å². The minimum Gasteiger partial charge on any atom is -0.494 e. The molecule has 0 aromatic heterocycles. The maximum atomic E-state index is 12.8. The Morgan fingerprint density at radius 1 is 0.966 bits per heavy atom. The van der Waals surface area contributed by atoms with E-state index in [4.69, 9.17) is 4.74 Å². The highest BCUT2D eigenvalue weighted by Crippen LogP contribution is 2.27. The van der Waals surface area contributed by atoms with Crippen LogP contribution >= 0.6 is 15.9 Å². The first-order chi connectivity index (χ1) is 14.2. The minimum absolute atomic E-state index is 0.114. The Hall–Kier alpha value is -2.59. The predicted molar refractivity (Wildman–Crippen MR) is 123 cm³/mol. The van der Waals surface area contributed by atoms with E-state index in [1.807, 2.05) is 78.9 Å². The van der Waals surface area contributed by atoms with Gasteiger partial charge >= 0.3 is 0 Å². The van der Waals surface area contributed by atoms with Gasteiger partial charge in [0.15, 0.2) is 5.78 Å². The maximum absolute atomic E-state index is 12.8. The molecule has 3 rings (SSSR count). The molecule has 150 valence electrons. The second-order valence-corrected chi connectivity index (χ2v) is 7.88. The number of hydrogen-bond donors (Lipinski definition) is 1. The Labute approximate surface area is 181 Å². The molecule has 0 saturated carbocycles. The fourth-order valence-corrected chi connectivity index (χ4v) is 3.32. The lowest BCUT2D eigenvalue weighted by molar-refractivity contribution is 0.0976. The number of carbonyl (C=O) groups excluding carboxylic acids is 1. The molecule has 0 spiro atoms. The SMILES string of the molecule is CCCCOc1ccc([C@H](CC(=O)c2ccccc2)Nc2ccc(Br)cc2)cc1. The number of rotatable bonds is 10. The molecular formula is C25H26BrNO2. The summed E-state index contributed by atoms with van der Waals surface area (Å²) < 4.78 is 6.79. The van der Waals surface area contributed by atoms with Gasteiger partial charge < -0.3 is 10.1 Å². The smallest absolute Gasteiger partial charge is 0.165 e. The summed E-state index contributed by atoms with van der Waals surface area (Å²) in [7, 11) is 0. The molecule has 0 fully saturated rings. The van der Waals surface area contributed by atoms with E-state index < -0.39 is 0 Å². The van der Waals surface area contributed by atoms with Crippen LogP contribution in [0.5, 0.6) is 5.75 Å². The lowest BCUT2D eigenvalue weighted by Gasteiger charge is -2.20. The largest absolute Gasteiger partial charge is 0.494 e. The number of Topliss-reactive ketones (excluding diaryl/α,β-unsaturated/α-hetero) is 1. The highest BCUT2D eigenvalue weighted by atomic mass is 79.9. The number of anilines is 1. The summed E-state index contributed by atoms with van der Waals surface area (Å²) in [6, 6.07) is 25.3. The van der Waals surface area contributed by atoms with Crippen LogP contribution in [-0.2, 0) is 0 Å². The van der Waals surface area contributed by atoms with Gasteiger partial charge in [0.1, 0.15) is 5.75 Å². The standard InChI is InChI=1S/C25H26BrNO2/c1-2-3-17-29-23-15-9-19(10-16-23)24(27-22-13-11-21(26)12-14-22)18-25(28)20-7-5-4-6-8-20/h4-16,24,27H,2-3,17-18H2,1H3/t24-/m0/s1. The van der Waals surface area contributed by atoms with Crippen molar-refractivity contribution in [2.45, 2.75) is 32.2 Å². The van der Waals surface area contributed by atoms with Gasteiger partial charge in [-0.2, -0.15) is 0 Å². The van der Waals surface area contributed by atoms with Crippen LogP contribution in [0.2, 0.25) is 0 Å². The van der Waals surface area contributed by atoms with E-state index in [9.17, 15) is 4.79 Å². The van der Waals surface area contributed by atoms with Crippen LogP contribution in [0.25, 0.3) is 0 Å². The van der Waals surface area contributed by atoms with Gasteiger partial charge in [-0.25, -0.2) is 0 Å². The molecule has 0 aliphatic heterocycles. The fraction of sp³-hybridized carbons (Fsp3) is 0.240. The molecular weight excluding hydrogens is 426 g/mol. The summed E-state index contributed by atoms with van der Waals surface area (Å²) in [5.74, 6) is 0.975. The number of benzene rings is 3. The van der Waals surface area contributed by atoms with Crippen molar-refractivity contribution in [2.75, 3.05) is 11.9 Å². The highest BCUT2D eigenvalue weighted by molar-refractivity contribution is 9.10. The van der Waals surface area contributed by atoms with Gasteiger partial charge in [-0.05, 0) is 48.4 Å². The molecule has 0 aliphatic rings. The Morgan fingerprint density at radius 3 is 2.31 bits per heavy atom. The van der Waals surface area contributed by atoms with Gasteiger partial charge in [0.25, 0.3) is 0 Å². The van der Waals surface area contributed by atoms with Crippen LogP contribution in [0.1, 0.15) is 48.1 Å². The number of carbonyl (C=O) groups is 1. The fourth-order valence-electron chi connectivity index (χ4n) is 3.06. The van der Waals surface area contributed by atoms with Gasteiger partial charge in [-0.15, -0.1) is 0 Å². The molecule has 3 aromatic rings. The third-order valence-electron chi connectivity index (χ3n) is 4.72. The van der Waals surface area contributed by atoms with E-state index in [-0.39, 0.29) is 11.8 Å². The zero-order valence-electron chi connectivity index (χ0n) is 16.6. The summed E-state index contributed by atoms with van der Waals surface area (Å²) in [5, 5.41) is 3.51. The number of unbranched alkanes of at least 4 members (excludes halogenated alkanes) is 1. The van der Waals surface area contributed by atoms with E-state index in [2.05, 4.69) is 28.2 Å². The molecule has 0 bridgehead atoms. The van der Waals surface area contributed by atoms with E-state index in [1.165, 1.54) is 0 Å². The lowest BCUT2D eigenvalue weighted by atomic mass is 9.97. The van der Waals surface area contributed by atoms with Crippen LogP contribution in [0, 0.1) is 0 Å². The molecule has 0 unspecified atom stereocenters. The average molecular weight is 452 g/mol. The number of nitrogens with one attached hydrogen (secondary N) is 1. The first-order valence-electron chi connectivity index (χ1n) is 9.99. The summed E-state index contributed by atoms with van der Waals surface area (Å²) in [5.41, 5.74) is 2.76. The van der Waals surface area contributed by atoms with Gasteiger partial charge in [-0.1, -0.05) is 71.7 Å². The van der Waals surface area contributed by atoms with E-state index in [0.29, 0.717) is 6.42 Å². The van der Waals surface area contributed by atoms with Crippen LogP contribution in [0.3, 0.4) is 0 Å². The number of hydrogen-bond acceptors (Lipinski definition) is 3. The summed E-state index contributed by atoms with van der Waals surface area (Å²) in [6.45, 7) is 2.87. The number of ether oxygens (including phenoxy) is 1. The molecule has 0 radical (unpaired) electrons. The molecule has 0 saturated heterocycles. The molecule has 1 N–H and O–H groups in total. The molecule has 1 atom stereocenters. The van der Waals surface area contributed by atoms with Gasteiger partial charge in [0.05, 0.1) is 12.6 Å². The van der Waals surface area contributed by atoms with Crippen molar-refractivity contribution in [3.8, 4) is 5.75 Å². The third-order valence-corrected chi connectivity index (χ3v) is 5.25. The summed E-state index contributed by atoms with van der Waals surface area (Å²) >= 11 is 3.47. The third kappa shape index (κ3) is 6.47. The van der Waals surface area contributed by atoms with E-state index in [1.54, 1.807) is 0 Å². The van der Waals surface area contributed by atoms with Crippen LogP contribution < -0.4 is 10.1 Å². The first-order valence-corrected chi connectivity index (χ1v) is 10.8. The molecule has 0 amide bonds. The Bertz CT molecular complexity index is 892. The van der Waals surface area contributed by atoms with Crippen LogP contribution in [0.15, 0.2) is 83.3 Å². The predicted octanol–water partition coefficient (Wildman–Crippen LogP) is 7.05. The lowest BCUT2D eigenvalue weighted by Crippen LogP contribution is -2.16.